The summed E-state index contributed by atoms with van der Waals surface area (Å²) in [6.07, 6.45) is 63.2. The van der Waals surface area contributed by atoms with Crippen LogP contribution in [0.25, 0.3) is 0 Å². The van der Waals surface area contributed by atoms with Crippen LogP contribution in [0.3, 0.4) is 0 Å². The van der Waals surface area contributed by atoms with Crippen molar-refractivity contribution in [2.75, 3.05) is 13.2 Å². The first-order chi connectivity index (χ1) is 30.5. The third-order valence-electron chi connectivity index (χ3n) is 10.9. The quantitative estimate of drug-likeness (QED) is 0.0262. The van der Waals surface area contributed by atoms with Crippen LogP contribution in [-0.2, 0) is 28.6 Å². The molecule has 0 amide bonds. The summed E-state index contributed by atoms with van der Waals surface area (Å²) in [6.45, 7) is 6.46. The van der Waals surface area contributed by atoms with Crippen LogP contribution in [0.15, 0.2) is 72.9 Å². The standard InChI is InChI=1S/C56H96O6/c1-4-7-10-13-16-19-22-25-27-28-29-32-34-37-40-43-46-49-55(58)61-52-53(51-60-54(57)48-45-42-39-36-33-30-24-21-18-15-12-9-6-3)62-56(59)50-47-44-41-38-35-31-26-23-20-17-14-11-8-5-2/h7,10,16,19,25,27,29,31-32,35,37,40,53H,4-6,8-9,11-15,17-18,20-24,26,28,30,33-34,36,38-39,41-52H2,1-3H3/b10-7-,19-16-,27-25-,32-29-,35-31-,40-37-. The van der Waals surface area contributed by atoms with Gasteiger partial charge in [0.1, 0.15) is 13.2 Å². The van der Waals surface area contributed by atoms with Crippen LogP contribution in [0.5, 0.6) is 0 Å². The van der Waals surface area contributed by atoms with E-state index in [1.165, 1.54) is 109 Å². The molecule has 62 heavy (non-hydrogen) atoms. The molecule has 0 rings (SSSR count). The van der Waals surface area contributed by atoms with E-state index < -0.39 is 6.10 Å². The van der Waals surface area contributed by atoms with E-state index in [9.17, 15) is 14.4 Å². The lowest BCUT2D eigenvalue weighted by atomic mass is 10.0. The second-order valence-corrected chi connectivity index (χ2v) is 17.1. The van der Waals surface area contributed by atoms with Crippen LogP contribution in [0.2, 0.25) is 0 Å². The molecule has 0 aliphatic carbocycles. The predicted molar refractivity (Wildman–Crippen MR) is 265 cm³/mol. The van der Waals surface area contributed by atoms with Crippen LogP contribution in [-0.4, -0.2) is 37.2 Å². The van der Waals surface area contributed by atoms with Gasteiger partial charge in [-0.05, 0) is 83.5 Å². The van der Waals surface area contributed by atoms with Gasteiger partial charge in [0.25, 0.3) is 0 Å². The molecule has 0 spiro atoms. The molecule has 0 N–H and O–H groups in total. The molecule has 0 saturated heterocycles. The lowest BCUT2D eigenvalue weighted by molar-refractivity contribution is -0.167. The van der Waals surface area contributed by atoms with Gasteiger partial charge in [0.05, 0.1) is 0 Å². The summed E-state index contributed by atoms with van der Waals surface area (Å²) in [5.74, 6) is -0.972. The topological polar surface area (TPSA) is 78.9 Å². The van der Waals surface area contributed by atoms with Crippen molar-refractivity contribution in [1.82, 2.24) is 0 Å². The highest BCUT2D eigenvalue weighted by Crippen LogP contribution is 2.14. The number of hydrogen-bond acceptors (Lipinski definition) is 6. The summed E-state index contributed by atoms with van der Waals surface area (Å²) in [7, 11) is 0. The average molecular weight is 865 g/mol. The zero-order chi connectivity index (χ0) is 45.1. The van der Waals surface area contributed by atoms with E-state index in [2.05, 4.69) is 93.7 Å². The summed E-state index contributed by atoms with van der Waals surface area (Å²) in [4.78, 5) is 37.9. The molecule has 0 aromatic rings. The summed E-state index contributed by atoms with van der Waals surface area (Å²) in [5, 5.41) is 0. The van der Waals surface area contributed by atoms with Gasteiger partial charge >= 0.3 is 17.9 Å². The van der Waals surface area contributed by atoms with Crippen LogP contribution in [0.4, 0.5) is 0 Å². The molecule has 0 aromatic carbocycles. The van der Waals surface area contributed by atoms with Crippen molar-refractivity contribution in [3.8, 4) is 0 Å². The number of rotatable bonds is 46. The summed E-state index contributed by atoms with van der Waals surface area (Å²) in [5.41, 5.74) is 0. The highest BCUT2D eigenvalue weighted by Gasteiger charge is 2.19. The SMILES string of the molecule is CC/C=C\C/C=C\C/C=C\C/C=C\C/C=C\CCCC(=O)OCC(COC(=O)CCCCCCCCCCCCCCC)OC(=O)CCCCC/C=C\CCCCCCCCC. The number of carbonyl (C=O) groups excluding carboxylic acids is 3. The van der Waals surface area contributed by atoms with Crippen LogP contribution >= 0.6 is 0 Å². The van der Waals surface area contributed by atoms with E-state index >= 15 is 0 Å². The van der Waals surface area contributed by atoms with Gasteiger partial charge in [-0.25, -0.2) is 0 Å². The Hall–Kier alpha value is -3.15. The first kappa shape index (κ1) is 58.9. The molecular weight excluding hydrogens is 769 g/mol. The number of unbranched alkanes of at least 4 members (excludes halogenated alkanes) is 23. The molecule has 0 radical (unpaired) electrons. The van der Waals surface area contributed by atoms with Crippen LogP contribution < -0.4 is 0 Å². The summed E-state index contributed by atoms with van der Waals surface area (Å²) in [6, 6.07) is 0. The molecule has 6 nitrogen and oxygen atoms in total. The molecule has 0 saturated carbocycles. The molecular formula is C56H96O6. The molecule has 1 atom stereocenters. The smallest absolute Gasteiger partial charge is 0.306 e. The fourth-order valence-corrected chi connectivity index (χ4v) is 7.06. The number of carbonyl (C=O) groups is 3. The Morgan fingerprint density at radius 1 is 0.339 bits per heavy atom. The van der Waals surface area contributed by atoms with Crippen molar-refractivity contribution >= 4 is 17.9 Å². The van der Waals surface area contributed by atoms with E-state index in [1.54, 1.807) is 0 Å². The molecule has 0 aliphatic heterocycles. The van der Waals surface area contributed by atoms with Gasteiger partial charge in [-0.3, -0.25) is 14.4 Å². The maximum absolute atomic E-state index is 12.8. The summed E-state index contributed by atoms with van der Waals surface area (Å²) >= 11 is 0. The van der Waals surface area contributed by atoms with Gasteiger partial charge in [0, 0.05) is 19.3 Å². The monoisotopic (exact) mass is 865 g/mol. The lowest BCUT2D eigenvalue weighted by Crippen LogP contribution is -2.30. The van der Waals surface area contributed by atoms with Crippen molar-refractivity contribution in [3.05, 3.63) is 72.9 Å². The first-order valence-corrected chi connectivity index (χ1v) is 25.9. The zero-order valence-electron chi connectivity index (χ0n) is 40.6. The van der Waals surface area contributed by atoms with Crippen molar-refractivity contribution in [2.24, 2.45) is 0 Å². The molecule has 0 aliphatic rings. The Balaban J connectivity index is 4.48. The minimum atomic E-state index is -0.803. The Bertz CT molecular complexity index is 1180. The fourth-order valence-electron chi connectivity index (χ4n) is 7.06. The van der Waals surface area contributed by atoms with Crippen molar-refractivity contribution in [2.45, 2.75) is 252 Å². The third-order valence-corrected chi connectivity index (χ3v) is 10.9. The Morgan fingerprint density at radius 2 is 0.645 bits per heavy atom. The van der Waals surface area contributed by atoms with Crippen molar-refractivity contribution < 1.29 is 28.6 Å². The first-order valence-electron chi connectivity index (χ1n) is 25.9. The van der Waals surface area contributed by atoms with E-state index in [0.29, 0.717) is 19.3 Å². The van der Waals surface area contributed by atoms with Crippen LogP contribution in [0, 0.1) is 0 Å². The van der Waals surface area contributed by atoms with Crippen molar-refractivity contribution in [3.63, 3.8) is 0 Å². The summed E-state index contributed by atoms with van der Waals surface area (Å²) < 4.78 is 16.7. The predicted octanol–water partition coefficient (Wildman–Crippen LogP) is 17.0. The highest BCUT2D eigenvalue weighted by atomic mass is 16.6. The average Bonchev–Trinajstić information content (AvgIpc) is 3.27. The molecule has 356 valence electrons. The van der Waals surface area contributed by atoms with Crippen molar-refractivity contribution in [1.29, 1.82) is 0 Å². The molecule has 0 heterocycles. The fraction of sp³-hybridized carbons (Fsp3) is 0.732. The van der Waals surface area contributed by atoms with E-state index in [-0.39, 0.29) is 37.5 Å². The maximum Gasteiger partial charge on any atom is 0.306 e. The zero-order valence-corrected chi connectivity index (χ0v) is 40.6. The minimum Gasteiger partial charge on any atom is -0.462 e. The Morgan fingerprint density at radius 3 is 1.08 bits per heavy atom. The largest absolute Gasteiger partial charge is 0.462 e. The second-order valence-electron chi connectivity index (χ2n) is 17.1. The third kappa shape index (κ3) is 47.9. The Labute approximate surface area is 382 Å². The second kappa shape index (κ2) is 50.5. The van der Waals surface area contributed by atoms with E-state index in [4.69, 9.17) is 14.2 Å². The normalized spacial score (nSPS) is 12.6. The molecule has 1 unspecified atom stereocenters. The molecule has 0 bridgehead atoms. The molecule has 6 heteroatoms. The van der Waals surface area contributed by atoms with Crippen LogP contribution in [0.1, 0.15) is 245 Å². The Kier molecular flexibility index (Phi) is 47.9. The minimum absolute atomic E-state index is 0.0974. The number of esters is 3. The van der Waals surface area contributed by atoms with Gasteiger partial charge < -0.3 is 14.2 Å². The van der Waals surface area contributed by atoms with Gasteiger partial charge in [0.15, 0.2) is 6.10 Å². The number of ether oxygens (including phenoxy) is 3. The number of hydrogen-bond donors (Lipinski definition) is 0. The van der Waals surface area contributed by atoms with E-state index in [0.717, 1.165) is 89.9 Å². The highest BCUT2D eigenvalue weighted by molar-refractivity contribution is 5.71. The van der Waals surface area contributed by atoms with Gasteiger partial charge in [-0.15, -0.1) is 0 Å². The lowest BCUT2D eigenvalue weighted by Gasteiger charge is -2.18. The van der Waals surface area contributed by atoms with Gasteiger partial charge in [-0.2, -0.15) is 0 Å². The molecule has 0 aromatic heterocycles. The van der Waals surface area contributed by atoms with E-state index in [1.807, 2.05) is 0 Å². The van der Waals surface area contributed by atoms with Gasteiger partial charge in [0.2, 0.25) is 0 Å². The number of allylic oxidation sites excluding steroid dienone is 12. The van der Waals surface area contributed by atoms with Gasteiger partial charge in [-0.1, -0.05) is 216 Å². The maximum atomic E-state index is 12.8. The molecule has 0 fully saturated rings.